The molecule has 0 radical (unpaired) electrons. The van der Waals surface area contributed by atoms with E-state index in [1.807, 2.05) is 18.2 Å². The Morgan fingerprint density at radius 2 is 1.95 bits per heavy atom. The average molecular weight is 253 g/mol. The minimum atomic E-state index is 0.105. The van der Waals surface area contributed by atoms with E-state index in [1.165, 1.54) is 5.56 Å². The quantitative estimate of drug-likeness (QED) is 0.779. The topological polar surface area (TPSA) is 30.0 Å². The number of aromatic nitrogens is 1. The van der Waals surface area contributed by atoms with Crippen molar-refractivity contribution in [2.24, 2.45) is 0 Å². The second kappa shape index (κ2) is 5.35. The van der Waals surface area contributed by atoms with E-state index >= 15 is 0 Å². The van der Waals surface area contributed by atoms with Crippen molar-refractivity contribution in [3.05, 3.63) is 65.5 Å². The highest BCUT2D eigenvalue weighted by Gasteiger charge is 2.14. The van der Waals surface area contributed by atoms with Gasteiger partial charge in [-0.1, -0.05) is 45.0 Å². The summed E-state index contributed by atoms with van der Waals surface area (Å²) in [5, 5.41) is 0. The van der Waals surface area contributed by atoms with Gasteiger partial charge in [-0.05, 0) is 28.7 Å². The molecule has 0 aliphatic heterocycles. The predicted octanol–water partition coefficient (Wildman–Crippen LogP) is 3.80. The Morgan fingerprint density at radius 3 is 2.58 bits per heavy atom. The average Bonchev–Trinajstić information content (AvgIpc) is 2.39. The Bertz CT molecular complexity index is 567. The third-order valence-corrected chi connectivity index (χ3v) is 3.14. The zero-order valence-electron chi connectivity index (χ0n) is 11.7. The van der Waals surface area contributed by atoms with Crippen molar-refractivity contribution in [3.63, 3.8) is 0 Å². The lowest BCUT2D eigenvalue weighted by molar-refractivity contribution is 0.0992. The minimum absolute atomic E-state index is 0.105. The van der Waals surface area contributed by atoms with Gasteiger partial charge < -0.3 is 0 Å². The summed E-state index contributed by atoms with van der Waals surface area (Å²) in [6, 6.07) is 11.9. The molecule has 1 aromatic heterocycles. The molecule has 0 saturated heterocycles. The highest BCUT2D eigenvalue weighted by molar-refractivity contribution is 5.97. The highest BCUT2D eigenvalue weighted by atomic mass is 16.1. The standard InChI is InChI=1S/C17H19NO/c1-17(2,3)15-8-4-6-13(10-15)11-16(19)14-7-5-9-18-12-14/h4-10,12H,11H2,1-3H3. The van der Waals surface area contributed by atoms with Gasteiger partial charge in [-0.3, -0.25) is 9.78 Å². The molecule has 98 valence electrons. The molecule has 0 spiro atoms. The fourth-order valence-electron chi connectivity index (χ4n) is 1.96. The van der Waals surface area contributed by atoms with E-state index in [4.69, 9.17) is 0 Å². The molecule has 0 aliphatic carbocycles. The first-order chi connectivity index (χ1) is 8.97. The number of hydrogen-bond donors (Lipinski definition) is 0. The first kappa shape index (κ1) is 13.5. The fraction of sp³-hybridized carbons (Fsp3) is 0.294. The molecular weight excluding hydrogens is 234 g/mol. The molecule has 2 nitrogen and oxygen atoms in total. The van der Waals surface area contributed by atoms with Crippen molar-refractivity contribution in [2.75, 3.05) is 0 Å². The van der Waals surface area contributed by atoms with Gasteiger partial charge in [0.1, 0.15) is 0 Å². The summed E-state index contributed by atoms with van der Waals surface area (Å²) in [7, 11) is 0. The molecule has 2 aromatic rings. The lowest BCUT2D eigenvalue weighted by atomic mass is 9.85. The Hall–Kier alpha value is -1.96. The predicted molar refractivity (Wildman–Crippen MR) is 77.4 cm³/mol. The van der Waals surface area contributed by atoms with Crippen molar-refractivity contribution in [1.82, 2.24) is 4.98 Å². The number of nitrogens with zero attached hydrogens (tertiary/aromatic N) is 1. The molecule has 0 atom stereocenters. The van der Waals surface area contributed by atoms with E-state index < -0.39 is 0 Å². The van der Waals surface area contributed by atoms with Crippen molar-refractivity contribution < 1.29 is 4.79 Å². The van der Waals surface area contributed by atoms with Gasteiger partial charge in [-0.15, -0.1) is 0 Å². The molecule has 0 N–H and O–H groups in total. The van der Waals surface area contributed by atoms with Crippen LogP contribution >= 0.6 is 0 Å². The summed E-state index contributed by atoms with van der Waals surface area (Å²) in [5.41, 5.74) is 3.09. The van der Waals surface area contributed by atoms with Gasteiger partial charge in [0, 0.05) is 24.4 Å². The zero-order valence-corrected chi connectivity index (χ0v) is 11.7. The summed E-state index contributed by atoms with van der Waals surface area (Å²) >= 11 is 0. The van der Waals surface area contributed by atoms with Crippen LogP contribution in [0.3, 0.4) is 0 Å². The van der Waals surface area contributed by atoms with Gasteiger partial charge in [-0.25, -0.2) is 0 Å². The van der Waals surface area contributed by atoms with Crippen LogP contribution < -0.4 is 0 Å². The number of rotatable bonds is 3. The second-order valence-electron chi connectivity index (χ2n) is 5.79. The maximum atomic E-state index is 12.1. The van der Waals surface area contributed by atoms with E-state index in [0.29, 0.717) is 12.0 Å². The lowest BCUT2D eigenvalue weighted by Crippen LogP contribution is -2.12. The summed E-state index contributed by atoms with van der Waals surface area (Å²) in [6.07, 6.45) is 3.72. The maximum Gasteiger partial charge on any atom is 0.168 e. The number of ketones is 1. The Balaban J connectivity index is 2.18. The first-order valence-electron chi connectivity index (χ1n) is 6.49. The lowest BCUT2D eigenvalue weighted by Gasteiger charge is -2.19. The van der Waals surface area contributed by atoms with E-state index in [2.05, 4.69) is 37.9 Å². The van der Waals surface area contributed by atoms with E-state index in [9.17, 15) is 4.79 Å². The fourth-order valence-corrected chi connectivity index (χ4v) is 1.96. The van der Waals surface area contributed by atoms with Crippen molar-refractivity contribution >= 4 is 5.78 Å². The Morgan fingerprint density at radius 1 is 1.16 bits per heavy atom. The number of pyridine rings is 1. The van der Waals surface area contributed by atoms with Gasteiger partial charge in [0.05, 0.1) is 0 Å². The molecule has 1 aromatic carbocycles. The number of hydrogen-bond acceptors (Lipinski definition) is 2. The number of carbonyl (C=O) groups excluding carboxylic acids is 1. The monoisotopic (exact) mass is 253 g/mol. The highest BCUT2D eigenvalue weighted by Crippen LogP contribution is 2.23. The SMILES string of the molecule is CC(C)(C)c1cccc(CC(=O)c2cccnc2)c1. The molecule has 0 aliphatic rings. The largest absolute Gasteiger partial charge is 0.294 e. The van der Waals surface area contributed by atoms with Gasteiger partial charge in [0.15, 0.2) is 5.78 Å². The van der Waals surface area contributed by atoms with Crippen LogP contribution in [0, 0.1) is 0 Å². The van der Waals surface area contributed by atoms with Gasteiger partial charge in [-0.2, -0.15) is 0 Å². The van der Waals surface area contributed by atoms with Gasteiger partial charge in [0.2, 0.25) is 0 Å². The molecule has 0 amide bonds. The molecule has 1 heterocycles. The molecule has 2 heteroatoms. The van der Waals surface area contributed by atoms with Crippen LogP contribution in [-0.4, -0.2) is 10.8 Å². The van der Waals surface area contributed by atoms with E-state index in [1.54, 1.807) is 18.5 Å². The Kier molecular flexibility index (Phi) is 3.79. The first-order valence-corrected chi connectivity index (χ1v) is 6.49. The number of benzene rings is 1. The molecule has 0 saturated carbocycles. The maximum absolute atomic E-state index is 12.1. The summed E-state index contributed by atoms with van der Waals surface area (Å²) in [6.45, 7) is 6.53. The number of Topliss-reactive ketones (excluding diaryl/α,β-unsaturated/α-hetero) is 1. The van der Waals surface area contributed by atoms with Gasteiger partial charge >= 0.3 is 0 Å². The van der Waals surface area contributed by atoms with Crippen molar-refractivity contribution in [1.29, 1.82) is 0 Å². The third-order valence-electron chi connectivity index (χ3n) is 3.14. The zero-order chi connectivity index (χ0) is 13.9. The van der Waals surface area contributed by atoms with Crippen LogP contribution in [0.5, 0.6) is 0 Å². The minimum Gasteiger partial charge on any atom is -0.294 e. The summed E-state index contributed by atoms with van der Waals surface area (Å²) < 4.78 is 0. The molecule has 2 rings (SSSR count). The van der Waals surface area contributed by atoms with Crippen LogP contribution in [0.1, 0.15) is 42.3 Å². The van der Waals surface area contributed by atoms with Crippen molar-refractivity contribution in [3.8, 4) is 0 Å². The molecular formula is C17H19NO. The summed E-state index contributed by atoms with van der Waals surface area (Å²) in [5.74, 6) is 0.110. The van der Waals surface area contributed by atoms with Crippen LogP contribution in [0.15, 0.2) is 48.8 Å². The molecule has 19 heavy (non-hydrogen) atoms. The molecule has 0 bridgehead atoms. The second-order valence-corrected chi connectivity index (χ2v) is 5.79. The van der Waals surface area contributed by atoms with Crippen LogP contribution in [0.4, 0.5) is 0 Å². The molecule has 0 fully saturated rings. The van der Waals surface area contributed by atoms with E-state index in [0.717, 1.165) is 5.56 Å². The Labute approximate surface area is 114 Å². The van der Waals surface area contributed by atoms with Crippen LogP contribution in [0.25, 0.3) is 0 Å². The third kappa shape index (κ3) is 3.50. The van der Waals surface area contributed by atoms with Gasteiger partial charge in [0.25, 0.3) is 0 Å². The summed E-state index contributed by atoms with van der Waals surface area (Å²) in [4.78, 5) is 16.1. The van der Waals surface area contributed by atoms with Crippen LogP contribution in [0.2, 0.25) is 0 Å². The number of carbonyl (C=O) groups is 1. The molecule has 0 unspecified atom stereocenters. The van der Waals surface area contributed by atoms with Crippen molar-refractivity contribution in [2.45, 2.75) is 32.6 Å². The van der Waals surface area contributed by atoms with Crippen LogP contribution in [-0.2, 0) is 11.8 Å². The normalized spacial score (nSPS) is 11.3. The smallest absolute Gasteiger partial charge is 0.168 e. The van der Waals surface area contributed by atoms with E-state index in [-0.39, 0.29) is 11.2 Å².